The van der Waals surface area contributed by atoms with E-state index in [4.69, 9.17) is 4.74 Å². The lowest BCUT2D eigenvalue weighted by molar-refractivity contribution is -0.143. The molecule has 3 rings (SSSR count). The molecule has 1 aromatic heterocycles. The minimum atomic E-state index is -0.763. The number of aromatic nitrogens is 1. The van der Waals surface area contributed by atoms with Gasteiger partial charge in [-0.1, -0.05) is 22.0 Å². The predicted octanol–water partition coefficient (Wildman–Crippen LogP) is 4.08. The van der Waals surface area contributed by atoms with Crippen LogP contribution >= 0.6 is 15.9 Å². The molecular weight excluding hydrogens is 396 g/mol. The van der Waals surface area contributed by atoms with Crippen molar-refractivity contribution in [2.24, 2.45) is 0 Å². The average Bonchev–Trinajstić information content (AvgIpc) is 3.12. The summed E-state index contributed by atoms with van der Waals surface area (Å²) in [5.41, 5.74) is 1.94. The van der Waals surface area contributed by atoms with Gasteiger partial charge in [0.1, 0.15) is 11.8 Å². The summed E-state index contributed by atoms with van der Waals surface area (Å²) >= 11 is 3.55. The van der Waals surface area contributed by atoms with Gasteiger partial charge in [0, 0.05) is 34.4 Å². The molecule has 2 atom stereocenters. The Bertz CT molecular complexity index is 754. The van der Waals surface area contributed by atoms with Crippen molar-refractivity contribution in [2.75, 3.05) is 13.2 Å². The number of hydrogen-bond acceptors (Lipinski definition) is 4. The Kier molecular flexibility index (Phi) is 6.27. The second-order valence-corrected chi connectivity index (χ2v) is 7.31. The van der Waals surface area contributed by atoms with Gasteiger partial charge < -0.3 is 9.84 Å². The van der Waals surface area contributed by atoms with E-state index in [1.807, 2.05) is 43.3 Å². The highest BCUT2D eigenvalue weighted by Crippen LogP contribution is 2.38. The van der Waals surface area contributed by atoms with E-state index in [2.05, 4.69) is 25.8 Å². The van der Waals surface area contributed by atoms with Crippen LogP contribution in [0.5, 0.6) is 5.75 Å². The quantitative estimate of drug-likeness (QED) is 0.733. The zero-order chi connectivity index (χ0) is 18.5. The molecule has 0 bridgehead atoms. The fraction of sp³-hybridized carbons (Fsp3) is 0.400. The first-order valence-corrected chi connectivity index (χ1v) is 9.70. The highest BCUT2D eigenvalue weighted by Gasteiger charge is 2.37. The van der Waals surface area contributed by atoms with Gasteiger partial charge in [0.15, 0.2) is 0 Å². The number of carboxylic acids is 1. The first-order valence-electron chi connectivity index (χ1n) is 8.91. The van der Waals surface area contributed by atoms with Gasteiger partial charge in [-0.25, -0.2) is 0 Å². The van der Waals surface area contributed by atoms with Gasteiger partial charge in [-0.2, -0.15) is 0 Å². The zero-order valence-corrected chi connectivity index (χ0v) is 16.4. The number of pyridine rings is 1. The molecule has 2 aromatic rings. The number of benzene rings is 1. The monoisotopic (exact) mass is 418 g/mol. The summed E-state index contributed by atoms with van der Waals surface area (Å²) in [6.45, 7) is 3.27. The lowest BCUT2D eigenvalue weighted by Gasteiger charge is -2.32. The summed E-state index contributed by atoms with van der Waals surface area (Å²) in [6.07, 6.45) is 3.97. The summed E-state index contributed by atoms with van der Waals surface area (Å²) in [5.74, 6) is 0.0362. The van der Waals surface area contributed by atoms with E-state index in [0.717, 1.165) is 34.4 Å². The SMILES string of the molecule is CCOc1ccc(Br)cc1C(Cc1ccccn1)N1CCCC1C(=O)O. The zero-order valence-electron chi connectivity index (χ0n) is 14.8. The van der Waals surface area contributed by atoms with Crippen LogP contribution in [0.25, 0.3) is 0 Å². The molecule has 0 aliphatic carbocycles. The third kappa shape index (κ3) is 4.24. The summed E-state index contributed by atoms with van der Waals surface area (Å²) in [5, 5.41) is 9.68. The van der Waals surface area contributed by atoms with Crippen molar-refractivity contribution >= 4 is 21.9 Å². The summed E-state index contributed by atoms with van der Waals surface area (Å²) < 4.78 is 6.80. The fourth-order valence-electron chi connectivity index (χ4n) is 3.62. The molecule has 2 heterocycles. The van der Waals surface area contributed by atoms with Crippen LogP contribution in [0.4, 0.5) is 0 Å². The van der Waals surface area contributed by atoms with E-state index < -0.39 is 12.0 Å². The maximum absolute atomic E-state index is 11.8. The van der Waals surface area contributed by atoms with Gasteiger partial charge >= 0.3 is 5.97 Å². The van der Waals surface area contributed by atoms with Crippen LogP contribution in [0.3, 0.4) is 0 Å². The van der Waals surface area contributed by atoms with Crippen LogP contribution in [-0.4, -0.2) is 40.2 Å². The number of carbonyl (C=O) groups is 1. The van der Waals surface area contributed by atoms with E-state index in [9.17, 15) is 9.90 Å². The number of hydrogen-bond donors (Lipinski definition) is 1. The largest absolute Gasteiger partial charge is 0.494 e. The van der Waals surface area contributed by atoms with Crippen LogP contribution in [0.15, 0.2) is 47.1 Å². The van der Waals surface area contributed by atoms with Gasteiger partial charge in [-0.05, 0) is 56.6 Å². The highest BCUT2D eigenvalue weighted by atomic mass is 79.9. The molecule has 1 fully saturated rings. The van der Waals surface area contributed by atoms with E-state index >= 15 is 0 Å². The molecule has 6 heteroatoms. The second-order valence-electron chi connectivity index (χ2n) is 6.39. The standard InChI is InChI=1S/C20H23BrN2O3/c1-2-26-19-9-8-14(21)12-16(19)18(13-15-6-3-4-10-22-15)23-11-5-7-17(23)20(24)25/h3-4,6,8-10,12,17-18H,2,5,7,11,13H2,1H3,(H,24,25). The molecule has 1 saturated heterocycles. The lowest BCUT2D eigenvalue weighted by atomic mass is 9.98. The van der Waals surface area contributed by atoms with E-state index in [-0.39, 0.29) is 6.04 Å². The Morgan fingerprint density at radius 2 is 2.27 bits per heavy atom. The number of halogens is 1. The fourth-order valence-corrected chi connectivity index (χ4v) is 4.00. The van der Waals surface area contributed by atoms with E-state index in [1.54, 1.807) is 6.20 Å². The highest BCUT2D eigenvalue weighted by molar-refractivity contribution is 9.10. The van der Waals surface area contributed by atoms with Gasteiger partial charge in [0.05, 0.1) is 6.61 Å². The summed E-state index contributed by atoms with van der Waals surface area (Å²) in [7, 11) is 0. The van der Waals surface area contributed by atoms with Crippen molar-refractivity contribution in [1.29, 1.82) is 0 Å². The molecule has 26 heavy (non-hydrogen) atoms. The first-order chi connectivity index (χ1) is 12.6. The third-order valence-electron chi connectivity index (χ3n) is 4.74. The molecule has 1 aliphatic heterocycles. The van der Waals surface area contributed by atoms with Gasteiger partial charge in [0.2, 0.25) is 0 Å². The Hall–Kier alpha value is -1.92. The molecule has 0 spiro atoms. The van der Waals surface area contributed by atoms with Crippen LogP contribution in [0, 0.1) is 0 Å². The summed E-state index contributed by atoms with van der Waals surface area (Å²) in [4.78, 5) is 18.3. The Balaban J connectivity index is 2.03. The lowest BCUT2D eigenvalue weighted by Crippen LogP contribution is -2.39. The number of carboxylic acid groups (broad SMARTS) is 1. The van der Waals surface area contributed by atoms with Crippen LogP contribution in [0.1, 0.15) is 37.1 Å². The Morgan fingerprint density at radius 3 is 2.96 bits per heavy atom. The van der Waals surface area contributed by atoms with Crippen molar-refractivity contribution in [3.05, 3.63) is 58.3 Å². The number of ether oxygens (including phenoxy) is 1. The Labute approximate surface area is 162 Å². The van der Waals surface area contributed by atoms with Gasteiger partial charge in [-0.3, -0.25) is 14.7 Å². The molecule has 1 aromatic carbocycles. The van der Waals surface area contributed by atoms with Crippen LogP contribution in [0.2, 0.25) is 0 Å². The normalized spacial score (nSPS) is 18.6. The van der Waals surface area contributed by atoms with Crippen LogP contribution < -0.4 is 4.74 Å². The van der Waals surface area contributed by atoms with Gasteiger partial charge in [0.25, 0.3) is 0 Å². The minimum Gasteiger partial charge on any atom is -0.494 e. The van der Waals surface area contributed by atoms with Crippen molar-refractivity contribution < 1.29 is 14.6 Å². The van der Waals surface area contributed by atoms with Crippen molar-refractivity contribution in [3.8, 4) is 5.75 Å². The number of nitrogens with zero attached hydrogens (tertiary/aromatic N) is 2. The molecule has 1 N–H and O–H groups in total. The van der Waals surface area contributed by atoms with E-state index in [0.29, 0.717) is 19.4 Å². The van der Waals surface area contributed by atoms with Crippen molar-refractivity contribution in [3.63, 3.8) is 0 Å². The van der Waals surface area contributed by atoms with Crippen LogP contribution in [-0.2, 0) is 11.2 Å². The summed E-state index contributed by atoms with van der Waals surface area (Å²) in [6, 6.07) is 11.2. The van der Waals surface area contributed by atoms with Gasteiger partial charge in [-0.15, -0.1) is 0 Å². The van der Waals surface area contributed by atoms with Crippen molar-refractivity contribution in [2.45, 2.75) is 38.3 Å². The maximum Gasteiger partial charge on any atom is 0.320 e. The minimum absolute atomic E-state index is 0.104. The second kappa shape index (κ2) is 8.64. The molecule has 0 amide bonds. The molecule has 2 unspecified atom stereocenters. The van der Waals surface area contributed by atoms with Crippen molar-refractivity contribution in [1.82, 2.24) is 9.88 Å². The maximum atomic E-state index is 11.8. The molecule has 138 valence electrons. The Morgan fingerprint density at radius 1 is 1.42 bits per heavy atom. The molecular formula is C20H23BrN2O3. The smallest absolute Gasteiger partial charge is 0.320 e. The number of likely N-dealkylation sites (tertiary alicyclic amines) is 1. The molecule has 5 nitrogen and oxygen atoms in total. The van der Waals surface area contributed by atoms with E-state index in [1.165, 1.54) is 0 Å². The first kappa shape index (κ1) is 18.9. The third-order valence-corrected chi connectivity index (χ3v) is 5.23. The molecule has 1 aliphatic rings. The number of rotatable bonds is 7. The average molecular weight is 419 g/mol. The molecule has 0 radical (unpaired) electrons. The predicted molar refractivity (Wildman–Crippen MR) is 103 cm³/mol. The molecule has 0 saturated carbocycles. The topological polar surface area (TPSA) is 62.7 Å². The number of aliphatic carboxylic acids is 1.